The Labute approximate surface area is 103 Å². The lowest BCUT2D eigenvalue weighted by Gasteiger charge is -2.28. The highest BCUT2D eigenvalue weighted by molar-refractivity contribution is 5.82. The van der Waals surface area contributed by atoms with Crippen LogP contribution in [0.2, 0.25) is 0 Å². The number of nitrogens with zero attached hydrogens (tertiary/aromatic N) is 1. The first-order chi connectivity index (χ1) is 7.97. The topological polar surface area (TPSA) is 69.6 Å². The van der Waals surface area contributed by atoms with Gasteiger partial charge in [-0.05, 0) is 19.3 Å². The Kier molecular flexibility index (Phi) is 7.34. The summed E-state index contributed by atoms with van der Waals surface area (Å²) in [6.07, 6.45) is 2.92. The third-order valence-electron chi connectivity index (χ3n) is 2.98. The Balaban J connectivity index is 4.44. The van der Waals surface area contributed by atoms with Gasteiger partial charge in [0, 0.05) is 13.1 Å². The monoisotopic (exact) mass is 244 g/mol. The molecule has 0 aliphatic rings. The number of hydrogen-bond acceptors (Lipinski definition) is 2. The third kappa shape index (κ3) is 5.06. The number of carboxylic acids is 1. The van der Waals surface area contributed by atoms with Crippen LogP contribution < -0.4 is 5.32 Å². The summed E-state index contributed by atoms with van der Waals surface area (Å²) in [6.45, 7) is 5.92. The summed E-state index contributed by atoms with van der Waals surface area (Å²) in [5.74, 6) is -0.974. The van der Waals surface area contributed by atoms with Crippen molar-refractivity contribution in [2.45, 2.75) is 58.5 Å². The molecule has 0 aliphatic carbocycles. The fourth-order valence-electron chi connectivity index (χ4n) is 1.80. The van der Waals surface area contributed by atoms with Gasteiger partial charge in [0.05, 0.1) is 0 Å². The number of nitrogens with one attached hydrogen (secondary N) is 1. The van der Waals surface area contributed by atoms with Crippen molar-refractivity contribution in [3.8, 4) is 0 Å². The van der Waals surface area contributed by atoms with Gasteiger partial charge >= 0.3 is 12.0 Å². The minimum Gasteiger partial charge on any atom is -0.480 e. The fourth-order valence-corrected chi connectivity index (χ4v) is 1.80. The third-order valence-corrected chi connectivity index (χ3v) is 2.98. The second kappa shape index (κ2) is 7.92. The van der Waals surface area contributed by atoms with Gasteiger partial charge in [0.2, 0.25) is 0 Å². The molecule has 5 heteroatoms. The van der Waals surface area contributed by atoms with Crippen molar-refractivity contribution in [2.75, 3.05) is 7.05 Å². The summed E-state index contributed by atoms with van der Waals surface area (Å²) in [6, 6.07) is -0.935. The number of urea groups is 1. The zero-order valence-electron chi connectivity index (χ0n) is 11.2. The Bertz CT molecular complexity index is 252. The van der Waals surface area contributed by atoms with Crippen molar-refractivity contribution < 1.29 is 14.7 Å². The van der Waals surface area contributed by atoms with Crippen molar-refractivity contribution in [1.29, 1.82) is 0 Å². The highest BCUT2D eigenvalue weighted by atomic mass is 16.4. The molecule has 100 valence electrons. The van der Waals surface area contributed by atoms with Crippen LogP contribution in [0.1, 0.15) is 46.5 Å². The first-order valence-electron chi connectivity index (χ1n) is 6.23. The largest absolute Gasteiger partial charge is 0.480 e. The Morgan fingerprint density at radius 3 is 2.12 bits per heavy atom. The molecule has 0 fully saturated rings. The summed E-state index contributed by atoms with van der Waals surface area (Å²) in [4.78, 5) is 24.4. The smallest absolute Gasteiger partial charge is 0.326 e. The van der Waals surface area contributed by atoms with E-state index in [1.165, 1.54) is 0 Å². The van der Waals surface area contributed by atoms with Gasteiger partial charge in [-0.25, -0.2) is 9.59 Å². The maximum atomic E-state index is 11.8. The number of amides is 2. The zero-order chi connectivity index (χ0) is 13.4. The molecule has 0 spiro atoms. The maximum absolute atomic E-state index is 11.8. The number of rotatable bonds is 7. The van der Waals surface area contributed by atoms with E-state index in [0.717, 1.165) is 19.3 Å². The molecule has 0 aromatic rings. The molecule has 1 atom stereocenters. The zero-order valence-corrected chi connectivity index (χ0v) is 11.2. The highest BCUT2D eigenvalue weighted by Crippen LogP contribution is 2.07. The Morgan fingerprint density at radius 1 is 1.24 bits per heavy atom. The van der Waals surface area contributed by atoms with Crippen molar-refractivity contribution in [2.24, 2.45) is 0 Å². The number of aliphatic carboxylic acids is 1. The van der Waals surface area contributed by atoms with E-state index in [1.807, 2.05) is 20.8 Å². The lowest BCUT2D eigenvalue weighted by atomic mass is 10.1. The van der Waals surface area contributed by atoms with E-state index in [4.69, 9.17) is 5.11 Å². The van der Waals surface area contributed by atoms with Crippen molar-refractivity contribution in [3.63, 3.8) is 0 Å². The van der Waals surface area contributed by atoms with Gasteiger partial charge in [-0.1, -0.05) is 27.2 Å². The number of carbonyl (C=O) groups is 2. The molecule has 0 saturated carbocycles. The highest BCUT2D eigenvalue weighted by Gasteiger charge is 2.23. The van der Waals surface area contributed by atoms with Gasteiger partial charge in [0.15, 0.2) is 0 Å². The van der Waals surface area contributed by atoms with Crippen molar-refractivity contribution in [3.05, 3.63) is 0 Å². The molecule has 0 rings (SSSR count). The SMILES string of the molecule is CCCC(NC(=O)N(C)C(CC)CC)C(=O)O. The molecule has 0 heterocycles. The van der Waals surface area contributed by atoms with Gasteiger partial charge in [-0.3, -0.25) is 0 Å². The predicted octanol–water partition coefficient (Wildman–Crippen LogP) is 2.07. The molecule has 0 saturated heterocycles. The fraction of sp³-hybridized carbons (Fsp3) is 0.833. The van der Waals surface area contributed by atoms with Crippen LogP contribution in [0.25, 0.3) is 0 Å². The quantitative estimate of drug-likeness (QED) is 0.720. The molecular formula is C12H24N2O3. The predicted molar refractivity (Wildman–Crippen MR) is 67.0 cm³/mol. The standard InChI is InChI=1S/C12H24N2O3/c1-5-8-10(11(15)16)13-12(17)14(4)9(6-2)7-3/h9-10H,5-8H2,1-4H3,(H,13,17)(H,15,16). The van der Waals surface area contributed by atoms with Crippen molar-refractivity contribution in [1.82, 2.24) is 10.2 Å². The molecule has 0 radical (unpaired) electrons. The molecule has 1 unspecified atom stereocenters. The van der Waals surface area contributed by atoms with E-state index >= 15 is 0 Å². The van der Waals surface area contributed by atoms with E-state index in [1.54, 1.807) is 11.9 Å². The minimum atomic E-state index is -0.974. The average molecular weight is 244 g/mol. The van der Waals surface area contributed by atoms with E-state index in [0.29, 0.717) is 6.42 Å². The summed E-state index contributed by atoms with van der Waals surface area (Å²) >= 11 is 0. The molecule has 5 nitrogen and oxygen atoms in total. The molecule has 0 aromatic carbocycles. The van der Waals surface area contributed by atoms with E-state index in [9.17, 15) is 9.59 Å². The molecule has 0 aliphatic heterocycles. The number of carboxylic acid groups (broad SMARTS) is 1. The normalized spacial score (nSPS) is 12.3. The minimum absolute atomic E-state index is 0.158. The van der Waals surface area contributed by atoms with Crippen molar-refractivity contribution >= 4 is 12.0 Å². The number of carbonyl (C=O) groups excluding carboxylic acids is 1. The van der Waals surface area contributed by atoms with Crippen LogP contribution in [0.5, 0.6) is 0 Å². The molecular weight excluding hydrogens is 220 g/mol. The second-order valence-electron chi connectivity index (χ2n) is 4.21. The number of hydrogen-bond donors (Lipinski definition) is 2. The second-order valence-corrected chi connectivity index (χ2v) is 4.21. The first-order valence-corrected chi connectivity index (χ1v) is 6.23. The van der Waals surface area contributed by atoms with Crippen LogP contribution in [-0.4, -0.2) is 41.1 Å². The lowest BCUT2D eigenvalue weighted by Crippen LogP contribution is -2.49. The Hall–Kier alpha value is -1.26. The Morgan fingerprint density at radius 2 is 1.76 bits per heavy atom. The lowest BCUT2D eigenvalue weighted by molar-refractivity contribution is -0.139. The van der Waals surface area contributed by atoms with Crippen LogP contribution in [0.4, 0.5) is 4.79 Å². The van der Waals surface area contributed by atoms with Gasteiger partial charge in [0.1, 0.15) is 6.04 Å². The van der Waals surface area contributed by atoms with Crippen LogP contribution >= 0.6 is 0 Å². The van der Waals surface area contributed by atoms with E-state index in [2.05, 4.69) is 5.32 Å². The van der Waals surface area contributed by atoms with Crippen LogP contribution in [0, 0.1) is 0 Å². The molecule has 17 heavy (non-hydrogen) atoms. The summed E-state index contributed by atoms with van der Waals surface area (Å²) < 4.78 is 0. The van der Waals surface area contributed by atoms with E-state index in [-0.39, 0.29) is 12.1 Å². The van der Waals surface area contributed by atoms with Crippen LogP contribution in [0.3, 0.4) is 0 Å². The first kappa shape index (κ1) is 15.7. The molecule has 0 aromatic heterocycles. The van der Waals surface area contributed by atoms with Gasteiger partial charge in [-0.2, -0.15) is 0 Å². The molecule has 2 amide bonds. The van der Waals surface area contributed by atoms with Crippen LogP contribution in [0.15, 0.2) is 0 Å². The van der Waals surface area contributed by atoms with Gasteiger partial charge in [0.25, 0.3) is 0 Å². The average Bonchev–Trinajstić information content (AvgIpc) is 2.29. The molecule has 0 bridgehead atoms. The van der Waals surface area contributed by atoms with Crippen LogP contribution in [-0.2, 0) is 4.79 Å². The summed E-state index contributed by atoms with van der Waals surface area (Å²) in [5, 5.41) is 11.5. The summed E-state index contributed by atoms with van der Waals surface area (Å²) in [5.41, 5.74) is 0. The van der Waals surface area contributed by atoms with E-state index < -0.39 is 12.0 Å². The summed E-state index contributed by atoms with van der Waals surface area (Å²) in [7, 11) is 1.71. The van der Waals surface area contributed by atoms with Gasteiger partial charge in [-0.15, -0.1) is 0 Å². The van der Waals surface area contributed by atoms with Gasteiger partial charge < -0.3 is 15.3 Å². The maximum Gasteiger partial charge on any atom is 0.326 e. The molecule has 2 N–H and O–H groups in total.